The SMILES string of the molecule is C[C@H]1[C@@H](CSCCO)O[C@@H](c2ccc(-c3cccc(CN)c3)cc2)O[C@H]1c1ccc(CO)cc1. The van der Waals surface area contributed by atoms with Gasteiger partial charge >= 0.3 is 0 Å². The van der Waals surface area contributed by atoms with Gasteiger partial charge in [-0.05, 0) is 33.9 Å². The second-order valence-electron chi connectivity index (χ2n) is 8.65. The number of nitrogens with two attached hydrogens (primary N) is 1. The maximum atomic E-state index is 9.40. The zero-order chi connectivity index (χ0) is 23.9. The van der Waals surface area contributed by atoms with Crippen LogP contribution in [0, 0.1) is 5.92 Å². The third-order valence-corrected chi connectivity index (χ3v) is 7.36. The number of thioether (sulfide) groups is 1. The first-order chi connectivity index (χ1) is 16.6. The van der Waals surface area contributed by atoms with Gasteiger partial charge in [-0.1, -0.05) is 73.7 Å². The van der Waals surface area contributed by atoms with E-state index in [-0.39, 0.29) is 31.3 Å². The summed E-state index contributed by atoms with van der Waals surface area (Å²) in [7, 11) is 0. The average Bonchev–Trinajstić information content (AvgIpc) is 2.90. The quantitative estimate of drug-likeness (QED) is 0.382. The smallest absolute Gasteiger partial charge is 0.184 e. The molecule has 1 aliphatic heterocycles. The highest BCUT2D eigenvalue weighted by Gasteiger charge is 2.38. The molecule has 1 aliphatic rings. The van der Waals surface area contributed by atoms with E-state index in [9.17, 15) is 10.2 Å². The molecule has 4 rings (SSSR count). The van der Waals surface area contributed by atoms with E-state index >= 15 is 0 Å². The largest absolute Gasteiger partial charge is 0.396 e. The topological polar surface area (TPSA) is 84.9 Å². The van der Waals surface area contributed by atoms with Crippen LogP contribution in [0.1, 0.15) is 41.6 Å². The summed E-state index contributed by atoms with van der Waals surface area (Å²) in [5.41, 5.74) is 12.1. The van der Waals surface area contributed by atoms with Crippen LogP contribution in [0.25, 0.3) is 11.1 Å². The van der Waals surface area contributed by atoms with Crippen molar-refractivity contribution in [3.63, 3.8) is 0 Å². The van der Waals surface area contributed by atoms with E-state index in [1.807, 2.05) is 36.4 Å². The molecule has 6 heteroatoms. The van der Waals surface area contributed by atoms with Crippen molar-refractivity contribution < 1.29 is 19.7 Å². The van der Waals surface area contributed by atoms with Gasteiger partial charge in [0.05, 0.1) is 25.4 Å². The molecule has 3 aromatic rings. The molecule has 4 atom stereocenters. The standard InChI is InChI=1S/C28H33NO4S/c1-19-26(18-34-14-13-30)32-28(33-27(19)23-7-5-20(17-31)6-8-23)24-11-9-22(10-12-24)25-4-2-3-21(15-25)16-29/h2-12,15,19,26-28,30-31H,13-14,16-18,29H2,1H3/t19-,26+,27+,28+/m0/s1. The highest BCUT2D eigenvalue weighted by atomic mass is 32.2. The van der Waals surface area contributed by atoms with E-state index in [4.69, 9.17) is 15.2 Å². The van der Waals surface area contributed by atoms with Crippen LogP contribution in [0.5, 0.6) is 0 Å². The van der Waals surface area contributed by atoms with E-state index in [0.29, 0.717) is 12.3 Å². The summed E-state index contributed by atoms with van der Waals surface area (Å²) in [6.45, 7) is 2.85. The number of benzene rings is 3. The Bertz CT molecular complexity index is 1040. The summed E-state index contributed by atoms with van der Waals surface area (Å²) in [4.78, 5) is 0. The number of hydrogen-bond donors (Lipinski definition) is 3. The summed E-state index contributed by atoms with van der Waals surface area (Å²) in [6.07, 6.45) is -0.631. The van der Waals surface area contributed by atoms with Crippen molar-refractivity contribution in [3.8, 4) is 11.1 Å². The van der Waals surface area contributed by atoms with Gasteiger partial charge in [0.15, 0.2) is 6.29 Å². The van der Waals surface area contributed by atoms with Crippen molar-refractivity contribution in [3.05, 3.63) is 95.1 Å². The normalized spacial score (nSPS) is 22.6. The molecule has 1 heterocycles. The fourth-order valence-corrected chi connectivity index (χ4v) is 5.19. The monoisotopic (exact) mass is 479 g/mol. The first-order valence-electron chi connectivity index (χ1n) is 11.7. The average molecular weight is 480 g/mol. The van der Waals surface area contributed by atoms with Gasteiger partial charge in [-0.3, -0.25) is 0 Å². The molecule has 0 spiro atoms. The van der Waals surface area contributed by atoms with Crippen molar-refractivity contribution in [1.82, 2.24) is 0 Å². The van der Waals surface area contributed by atoms with Crippen molar-refractivity contribution in [2.45, 2.75) is 38.6 Å². The molecule has 0 bridgehead atoms. The second-order valence-corrected chi connectivity index (χ2v) is 9.80. The molecule has 0 amide bonds. The van der Waals surface area contributed by atoms with E-state index in [2.05, 4.69) is 43.3 Å². The van der Waals surface area contributed by atoms with Crippen LogP contribution in [0.3, 0.4) is 0 Å². The highest BCUT2D eigenvalue weighted by molar-refractivity contribution is 7.99. The number of hydrogen-bond acceptors (Lipinski definition) is 6. The maximum absolute atomic E-state index is 9.40. The Hall–Kier alpha value is -2.19. The van der Waals surface area contributed by atoms with Gasteiger partial charge in [0, 0.05) is 29.5 Å². The van der Waals surface area contributed by atoms with E-state index in [1.54, 1.807) is 11.8 Å². The molecular formula is C28H33NO4S. The molecule has 180 valence electrons. The van der Waals surface area contributed by atoms with Gasteiger partial charge in [0.1, 0.15) is 0 Å². The molecule has 1 saturated heterocycles. The lowest BCUT2D eigenvalue weighted by atomic mass is 9.91. The summed E-state index contributed by atoms with van der Waals surface area (Å²) < 4.78 is 12.9. The van der Waals surface area contributed by atoms with Crippen LogP contribution in [-0.2, 0) is 22.6 Å². The molecule has 0 aromatic heterocycles. The van der Waals surface area contributed by atoms with E-state index < -0.39 is 6.29 Å². The maximum Gasteiger partial charge on any atom is 0.184 e. The molecule has 4 N–H and O–H groups in total. The fourth-order valence-electron chi connectivity index (χ4n) is 4.28. The molecule has 0 aliphatic carbocycles. The van der Waals surface area contributed by atoms with Gasteiger partial charge < -0.3 is 25.4 Å². The Morgan fingerprint density at radius 2 is 1.59 bits per heavy atom. The van der Waals surface area contributed by atoms with Gasteiger partial charge in [-0.25, -0.2) is 0 Å². The Balaban J connectivity index is 1.57. The Morgan fingerprint density at radius 1 is 0.853 bits per heavy atom. The van der Waals surface area contributed by atoms with Crippen LogP contribution >= 0.6 is 11.8 Å². The minimum absolute atomic E-state index is 0.0151. The predicted octanol–water partition coefficient (Wildman–Crippen LogP) is 4.82. The second kappa shape index (κ2) is 12.0. The zero-order valence-corrected chi connectivity index (χ0v) is 20.3. The third kappa shape index (κ3) is 5.89. The Morgan fingerprint density at radius 3 is 2.26 bits per heavy atom. The molecule has 0 unspecified atom stereocenters. The fraction of sp³-hybridized carbons (Fsp3) is 0.357. The van der Waals surface area contributed by atoms with Crippen LogP contribution in [0.4, 0.5) is 0 Å². The predicted molar refractivity (Wildman–Crippen MR) is 137 cm³/mol. The Labute approximate surface area is 205 Å². The number of rotatable bonds is 9. The molecule has 1 fully saturated rings. The lowest BCUT2D eigenvalue weighted by Crippen LogP contribution is -2.38. The molecule has 0 radical (unpaired) electrons. The van der Waals surface area contributed by atoms with Gasteiger partial charge in [-0.2, -0.15) is 11.8 Å². The molecule has 34 heavy (non-hydrogen) atoms. The van der Waals surface area contributed by atoms with Crippen LogP contribution in [0.2, 0.25) is 0 Å². The first-order valence-corrected chi connectivity index (χ1v) is 12.9. The highest BCUT2D eigenvalue weighted by Crippen LogP contribution is 2.42. The van der Waals surface area contributed by atoms with Gasteiger partial charge in [0.25, 0.3) is 0 Å². The molecule has 5 nitrogen and oxygen atoms in total. The minimum Gasteiger partial charge on any atom is -0.396 e. The minimum atomic E-state index is -0.483. The molecule has 3 aromatic carbocycles. The van der Waals surface area contributed by atoms with E-state index in [1.165, 1.54) is 0 Å². The zero-order valence-electron chi connectivity index (χ0n) is 19.5. The summed E-state index contributed by atoms with van der Waals surface area (Å²) in [6, 6.07) is 24.5. The summed E-state index contributed by atoms with van der Waals surface area (Å²) in [5.74, 6) is 1.61. The van der Waals surface area contributed by atoms with Crippen molar-refractivity contribution in [2.24, 2.45) is 11.7 Å². The first kappa shape index (κ1) is 24.9. The Kier molecular flexibility index (Phi) is 8.78. The molecule has 0 saturated carbocycles. The van der Waals surface area contributed by atoms with Crippen LogP contribution in [-0.4, -0.2) is 34.4 Å². The van der Waals surface area contributed by atoms with Gasteiger partial charge in [-0.15, -0.1) is 0 Å². The van der Waals surface area contributed by atoms with Crippen molar-refractivity contribution >= 4 is 11.8 Å². The lowest BCUT2D eigenvalue weighted by Gasteiger charge is -2.41. The van der Waals surface area contributed by atoms with Crippen molar-refractivity contribution in [2.75, 3.05) is 18.1 Å². The third-order valence-electron chi connectivity index (χ3n) is 6.32. The summed E-state index contributed by atoms with van der Waals surface area (Å²) in [5, 5.41) is 18.6. The molecular weight excluding hydrogens is 446 g/mol. The van der Waals surface area contributed by atoms with Crippen LogP contribution in [0.15, 0.2) is 72.8 Å². The summed E-state index contributed by atoms with van der Waals surface area (Å²) >= 11 is 1.69. The van der Waals surface area contributed by atoms with E-state index in [0.717, 1.165) is 39.1 Å². The number of aliphatic hydroxyl groups is 2. The van der Waals surface area contributed by atoms with Crippen LogP contribution < -0.4 is 5.73 Å². The van der Waals surface area contributed by atoms with Gasteiger partial charge in [0.2, 0.25) is 0 Å². The van der Waals surface area contributed by atoms with Crippen molar-refractivity contribution in [1.29, 1.82) is 0 Å². The lowest BCUT2D eigenvalue weighted by molar-refractivity contribution is -0.268. The number of ether oxygens (including phenoxy) is 2. The number of aliphatic hydroxyl groups excluding tert-OH is 2.